The molecule has 19 heavy (non-hydrogen) atoms. The van der Waals surface area contributed by atoms with Crippen LogP contribution in [0.5, 0.6) is 0 Å². The molecular weight excluding hydrogens is 234 g/mol. The topological polar surface area (TPSA) is 18.5 Å². The van der Waals surface area contributed by atoms with Gasteiger partial charge in [0.2, 0.25) is 0 Å². The van der Waals surface area contributed by atoms with Gasteiger partial charge in [0.15, 0.2) is 0 Å². The van der Waals surface area contributed by atoms with E-state index in [4.69, 9.17) is 0 Å². The van der Waals surface area contributed by atoms with E-state index in [0.29, 0.717) is 6.04 Å². The molecule has 0 amide bonds. The van der Waals surface area contributed by atoms with Crippen molar-refractivity contribution in [2.75, 3.05) is 45.2 Å². The van der Waals surface area contributed by atoms with Crippen LogP contribution < -0.4 is 10.2 Å². The summed E-state index contributed by atoms with van der Waals surface area (Å²) in [5, 5.41) is 3.49. The van der Waals surface area contributed by atoms with Crippen LogP contribution in [0.15, 0.2) is 12.1 Å². The predicted octanol–water partition coefficient (Wildman–Crippen LogP) is 1.95. The molecule has 1 heterocycles. The monoisotopic (exact) mass is 261 g/mol. The summed E-state index contributed by atoms with van der Waals surface area (Å²) in [5.74, 6) is 0. The Hall–Kier alpha value is -1.06. The quantitative estimate of drug-likeness (QED) is 0.897. The molecule has 0 saturated carbocycles. The normalized spacial score (nSPS) is 20.6. The zero-order chi connectivity index (χ0) is 14.0. The zero-order valence-electron chi connectivity index (χ0n) is 13.0. The Kier molecular flexibility index (Phi) is 4.48. The summed E-state index contributed by atoms with van der Waals surface area (Å²) >= 11 is 0. The Morgan fingerprint density at radius 1 is 1.26 bits per heavy atom. The van der Waals surface area contributed by atoms with Crippen molar-refractivity contribution in [1.82, 2.24) is 10.2 Å². The summed E-state index contributed by atoms with van der Waals surface area (Å²) in [4.78, 5) is 4.88. The van der Waals surface area contributed by atoms with E-state index in [1.165, 1.54) is 22.4 Å². The Labute approximate surface area is 117 Å². The summed E-state index contributed by atoms with van der Waals surface area (Å²) in [6.07, 6.45) is 0. The van der Waals surface area contributed by atoms with E-state index in [9.17, 15) is 0 Å². The van der Waals surface area contributed by atoms with Crippen LogP contribution in [0, 0.1) is 20.8 Å². The summed E-state index contributed by atoms with van der Waals surface area (Å²) in [6.45, 7) is 11.0. The molecule has 1 unspecified atom stereocenters. The third-order valence-corrected chi connectivity index (χ3v) is 4.15. The van der Waals surface area contributed by atoms with Gasteiger partial charge >= 0.3 is 0 Å². The standard InChI is InChI=1S/C16H27N3/c1-12-8-13(2)16(14(3)9-12)19(5)11-15-10-17-6-7-18(15)4/h8-9,15,17H,6-7,10-11H2,1-5H3. The van der Waals surface area contributed by atoms with Crippen LogP contribution in [0.1, 0.15) is 16.7 Å². The molecule has 0 bridgehead atoms. The number of anilines is 1. The van der Waals surface area contributed by atoms with Crippen molar-refractivity contribution in [3.05, 3.63) is 28.8 Å². The van der Waals surface area contributed by atoms with E-state index in [0.717, 1.165) is 26.2 Å². The van der Waals surface area contributed by atoms with Gasteiger partial charge in [-0.15, -0.1) is 0 Å². The molecule has 0 aliphatic carbocycles. The zero-order valence-corrected chi connectivity index (χ0v) is 13.0. The molecule has 2 rings (SSSR count). The maximum absolute atomic E-state index is 3.49. The number of nitrogens with zero attached hydrogens (tertiary/aromatic N) is 2. The van der Waals surface area contributed by atoms with Crippen LogP contribution in [-0.4, -0.2) is 51.2 Å². The fraction of sp³-hybridized carbons (Fsp3) is 0.625. The van der Waals surface area contributed by atoms with Crippen LogP contribution in [0.2, 0.25) is 0 Å². The Bertz CT molecular complexity index is 419. The third-order valence-electron chi connectivity index (χ3n) is 4.15. The molecule has 1 fully saturated rings. The lowest BCUT2D eigenvalue weighted by Crippen LogP contribution is -2.53. The first-order valence-corrected chi connectivity index (χ1v) is 7.19. The number of hydrogen-bond donors (Lipinski definition) is 1. The van der Waals surface area contributed by atoms with Crippen LogP contribution in [0.3, 0.4) is 0 Å². The molecule has 3 heteroatoms. The maximum Gasteiger partial charge on any atom is 0.0423 e. The lowest BCUT2D eigenvalue weighted by molar-refractivity contribution is 0.204. The van der Waals surface area contributed by atoms with E-state index >= 15 is 0 Å². The summed E-state index contributed by atoms with van der Waals surface area (Å²) in [6, 6.07) is 5.16. The maximum atomic E-state index is 3.49. The van der Waals surface area contributed by atoms with Gasteiger partial charge in [-0.25, -0.2) is 0 Å². The number of hydrogen-bond acceptors (Lipinski definition) is 3. The highest BCUT2D eigenvalue weighted by Crippen LogP contribution is 2.25. The van der Waals surface area contributed by atoms with Crippen LogP contribution in [0.25, 0.3) is 0 Å². The van der Waals surface area contributed by atoms with Gasteiger partial charge in [0.1, 0.15) is 0 Å². The average molecular weight is 261 g/mol. The molecule has 1 saturated heterocycles. The molecule has 106 valence electrons. The van der Waals surface area contributed by atoms with Gasteiger partial charge in [0.25, 0.3) is 0 Å². The summed E-state index contributed by atoms with van der Waals surface area (Å²) in [7, 11) is 4.45. The van der Waals surface area contributed by atoms with Gasteiger partial charge in [0.05, 0.1) is 0 Å². The van der Waals surface area contributed by atoms with Crippen molar-refractivity contribution in [1.29, 1.82) is 0 Å². The molecular formula is C16H27N3. The lowest BCUT2D eigenvalue weighted by Gasteiger charge is -2.37. The first-order chi connectivity index (χ1) is 8.99. The second-order valence-corrected chi connectivity index (χ2v) is 5.97. The molecule has 1 aromatic rings. The number of nitrogens with one attached hydrogen (secondary N) is 1. The number of benzene rings is 1. The summed E-state index contributed by atoms with van der Waals surface area (Å²) in [5.41, 5.74) is 5.51. The highest BCUT2D eigenvalue weighted by Gasteiger charge is 2.21. The van der Waals surface area contributed by atoms with Crippen molar-refractivity contribution in [3.8, 4) is 0 Å². The van der Waals surface area contributed by atoms with Gasteiger partial charge in [-0.1, -0.05) is 17.7 Å². The molecule has 0 aromatic heterocycles. The van der Waals surface area contributed by atoms with E-state index in [2.05, 4.69) is 62.1 Å². The highest BCUT2D eigenvalue weighted by molar-refractivity contribution is 5.59. The van der Waals surface area contributed by atoms with Crippen molar-refractivity contribution >= 4 is 5.69 Å². The van der Waals surface area contributed by atoms with Crippen molar-refractivity contribution in [2.24, 2.45) is 0 Å². The number of piperazine rings is 1. The first kappa shape index (κ1) is 14.4. The molecule has 0 radical (unpaired) electrons. The summed E-state index contributed by atoms with van der Waals surface area (Å²) < 4.78 is 0. The molecule has 3 nitrogen and oxygen atoms in total. The first-order valence-electron chi connectivity index (χ1n) is 7.19. The van der Waals surface area contributed by atoms with E-state index < -0.39 is 0 Å². The molecule has 1 aliphatic rings. The molecule has 1 aliphatic heterocycles. The van der Waals surface area contributed by atoms with Crippen molar-refractivity contribution in [3.63, 3.8) is 0 Å². The number of likely N-dealkylation sites (N-methyl/N-ethyl adjacent to an activating group) is 2. The molecule has 1 N–H and O–H groups in total. The van der Waals surface area contributed by atoms with Crippen molar-refractivity contribution < 1.29 is 0 Å². The highest BCUT2D eigenvalue weighted by atomic mass is 15.2. The fourth-order valence-electron chi connectivity index (χ4n) is 3.25. The SMILES string of the molecule is Cc1cc(C)c(N(C)CC2CNCCN2C)c(C)c1. The van der Waals surface area contributed by atoms with Crippen LogP contribution in [0.4, 0.5) is 5.69 Å². The van der Waals surface area contributed by atoms with E-state index in [1.54, 1.807) is 0 Å². The van der Waals surface area contributed by atoms with Gasteiger partial charge in [0, 0.05) is 45.0 Å². The second-order valence-electron chi connectivity index (χ2n) is 5.97. The Morgan fingerprint density at radius 2 is 1.89 bits per heavy atom. The van der Waals surface area contributed by atoms with Gasteiger partial charge in [-0.05, 0) is 38.9 Å². The van der Waals surface area contributed by atoms with E-state index in [1.807, 2.05) is 0 Å². The Balaban J connectivity index is 2.13. The smallest absolute Gasteiger partial charge is 0.0423 e. The minimum Gasteiger partial charge on any atom is -0.373 e. The van der Waals surface area contributed by atoms with Crippen molar-refractivity contribution in [2.45, 2.75) is 26.8 Å². The number of rotatable bonds is 3. The van der Waals surface area contributed by atoms with E-state index in [-0.39, 0.29) is 0 Å². The largest absolute Gasteiger partial charge is 0.373 e. The second kappa shape index (κ2) is 5.93. The average Bonchev–Trinajstić information content (AvgIpc) is 2.30. The minimum absolute atomic E-state index is 0.596. The molecule has 0 spiro atoms. The lowest BCUT2D eigenvalue weighted by atomic mass is 10.0. The van der Waals surface area contributed by atoms with Crippen LogP contribution in [-0.2, 0) is 0 Å². The van der Waals surface area contributed by atoms with Gasteiger partial charge < -0.3 is 10.2 Å². The Morgan fingerprint density at radius 3 is 2.47 bits per heavy atom. The third kappa shape index (κ3) is 3.28. The predicted molar refractivity (Wildman–Crippen MR) is 83.2 cm³/mol. The minimum atomic E-state index is 0.596. The van der Waals surface area contributed by atoms with Crippen LogP contribution >= 0.6 is 0 Å². The van der Waals surface area contributed by atoms with Gasteiger partial charge in [-0.3, -0.25) is 4.90 Å². The molecule has 1 aromatic carbocycles. The number of aryl methyl sites for hydroxylation is 3. The van der Waals surface area contributed by atoms with Gasteiger partial charge in [-0.2, -0.15) is 0 Å². The molecule has 1 atom stereocenters. The fourth-order valence-corrected chi connectivity index (χ4v) is 3.25.